The van der Waals surface area contributed by atoms with Gasteiger partial charge in [-0.1, -0.05) is 126 Å². The molecule has 0 radical (unpaired) electrons. The van der Waals surface area contributed by atoms with Crippen molar-refractivity contribution in [2.24, 2.45) is 4.99 Å². The summed E-state index contributed by atoms with van der Waals surface area (Å²) < 4.78 is 14.1. The van der Waals surface area contributed by atoms with E-state index in [4.69, 9.17) is 4.99 Å². The highest BCUT2D eigenvalue weighted by Gasteiger charge is 2.42. The molecule has 0 aliphatic rings. The normalized spacial score (nSPS) is 14.4. The molecule has 0 aromatic heterocycles. The Morgan fingerprint density at radius 2 is 0.977 bits per heavy atom. The van der Waals surface area contributed by atoms with Crippen LogP contribution in [0.1, 0.15) is 135 Å². The minimum atomic E-state index is -1.52. The number of hydrogen-bond acceptors (Lipinski definition) is 3. The number of aliphatic hydroxyl groups is 1. The van der Waals surface area contributed by atoms with Gasteiger partial charge in [-0.2, -0.15) is 0 Å². The lowest BCUT2D eigenvalue weighted by molar-refractivity contribution is 0.0509. The molecule has 1 unspecified atom stereocenters. The fourth-order valence-corrected chi connectivity index (χ4v) is 5.29. The molecule has 3 rings (SSSR count). The fraction of sp³-hybridized carbons (Fsp3) is 0.513. The Morgan fingerprint density at radius 3 is 1.30 bits per heavy atom. The van der Waals surface area contributed by atoms with Crippen LogP contribution in [-0.2, 0) is 27.3 Å². The van der Waals surface area contributed by atoms with E-state index in [9.17, 15) is 14.6 Å². The van der Waals surface area contributed by atoms with E-state index in [1.807, 2.05) is 6.92 Å². The molecule has 0 aliphatic carbocycles. The summed E-state index contributed by atoms with van der Waals surface area (Å²) in [5, 5.41) is 23.8. The first-order chi connectivity index (χ1) is 19.5. The van der Waals surface area contributed by atoms with Gasteiger partial charge in [0.05, 0.1) is 6.04 Å². The third-order valence-corrected chi connectivity index (χ3v) is 8.46. The van der Waals surface area contributed by atoms with Gasteiger partial charge in [0.2, 0.25) is 0 Å². The van der Waals surface area contributed by atoms with Crippen molar-refractivity contribution in [1.29, 1.82) is 0 Å². The number of phenols is 1. The number of benzene rings is 3. The van der Waals surface area contributed by atoms with Gasteiger partial charge in [-0.25, -0.2) is 4.39 Å². The van der Waals surface area contributed by atoms with Gasteiger partial charge in [-0.15, -0.1) is 0 Å². The second kappa shape index (κ2) is 11.8. The van der Waals surface area contributed by atoms with Gasteiger partial charge in [-0.05, 0) is 79.7 Å². The smallest absolute Gasteiger partial charge is 0.137 e. The largest absolute Gasteiger partial charge is 0.507 e. The molecule has 1 atom stereocenters. The van der Waals surface area contributed by atoms with Gasteiger partial charge in [0.15, 0.2) is 0 Å². The zero-order valence-corrected chi connectivity index (χ0v) is 28.8. The molecule has 3 aromatic carbocycles. The number of aliphatic imine (C=N–C) groups is 1. The molecular weight excluding hydrogens is 533 g/mol. The summed E-state index contributed by atoms with van der Waals surface area (Å²) in [6, 6.07) is 16.2. The van der Waals surface area contributed by atoms with Crippen LogP contribution in [0.15, 0.2) is 59.6 Å². The summed E-state index contributed by atoms with van der Waals surface area (Å²) in [5.74, 6) is -0.513. The Bertz CT molecular complexity index is 1330. The number of rotatable bonds is 6. The molecule has 43 heavy (non-hydrogen) atoms. The zero-order valence-electron chi connectivity index (χ0n) is 28.8. The molecule has 0 saturated heterocycles. The molecule has 234 valence electrons. The van der Waals surface area contributed by atoms with E-state index < -0.39 is 17.5 Å². The average molecular weight is 588 g/mol. The van der Waals surface area contributed by atoms with Crippen LogP contribution >= 0.6 is 0 Å². The van der Waals surface area contributed by atoms with Crippen molar-refractivity contribution in [2.45, 2.75) is 130 Å². The molecule has 0 saturated carbocycles. The lowest BCUT2D eigenvalue weighted by atomic mass is 9.71. The van der Waals surface area contributed by atoms with Crippen molar-refractivity contribution in [1.82, 2.24) is 0 Å². The molecule has 2 N–H and O–H groups in total. The summed E-state index contributed by atoms with van der Waals surface area (Å²) >= 11 is 0. The van der Waals surface area contributed by atoms with Gasteiger partial charge >= 0.3 is 0 Å². The molecule has 0 amide bonds. The van der Waals surface area contributed by atoms with E-state index in [1.54, 1.807) is 0 Å². The van der Waals surface area contributed by atoms with E-state index in [-0.39, 0.29) is 33.0 Å². The molecule has 3 aromatic rings. The van der Waals surface area contributed by atoms with Crippen LogP contribution in [0.3, 0.4) is 0 Å². The maximum Gasteiger partial charge on any atom is 0.137 e. The maximum atomic E-state index is 14.1. The molecule has 0 aliphatic heterocycles. The summed E-state index contributed by atoms with van der Waals surface area (Å²) in [6.07, 6.45) is 2.01. The highest BCUT2D eigenvalue weighted by molar-refractivity contribution is 5.83. The highest BCUT2D eigenvalue weighted by Crippen LogP contribution is 2.43. The van der Waals surface area contributed by atoms with E-state index in [0.29, 0.717) is 6.42 Å². The molecule has 3 nitrogen and oxygen atoms in total. The molecule has 4 heteroatoms. The minimum Gasteiger partial charge on any atom is -0.507 e. The van der Waals surface area contributed by atoms with E-state index in [1.165, 1.54) is 24.4 Å². The molecule has 0 heterocycles. The zero-order chi connectivity index (χ0) is 32.8. The summed E-state index contributed by atoms with van der Waals surface area (Å²) in [7, 11) is 0. The molecule has 0 bridgehead atoms. The van der Waals surface area contributed by atoms with Crippen LogP contribution < -0.4 is 0 Å². The van der Waals surface area contributed by atoms with Crippen molar-refractivity contribution in [2.75, 3.05) is 0 Å². The average Bonchev–Trinajstić information content (AvgIpc) is 2.88. The van der Waals surface area contributed by atoms with Crippen LogP contribution in [-0.4, -0.2) is 22.5 Å². The first kappa shape index (κ1) is 34.5. The van der Waals surface area contributed by atoms with Crippen LogP contribution in [0.2, 0.25) is 0 Å². The fourth-order valence-electron chi connectivity index (χ4n) is 5.29. The number of hydrogen-bond donors (Lipinski definition) is 2. The van der Waals surface area contributed by atoms with Crippen LogP contribution in [0.25, 0.3) is 0 Å². The Balaban J connectivity index is 2.49. The van der Waals surface area contributed by atoms with Crippen molar-refractivity contribution in [3.05, 3.63) is 99.4 Å². The Kier molecular flexibility index (Phi) is 9.50. The second-order valence-corrected chi connectivity index (χ2v) is 16.3. The summed E-state index contributed by atoms with van der Waals surface area (Å²) in [4.78, 5) is 4.90. The second-order valence-electron chi connectivity index (χ2n) is 16.3. The summed E-state index contributed by atoms with van der Waals surface area (Å²) in [5.41, 5.74) is 4.25. The van der Waals surface area contributed by atoms with Crippen molar-refractivity contribution in [3.8, 4) is 5.75 Å². The molecule has 0 fully saturated rings. The Labute approximate surface area is 260 Å². The number of halogens is 1. The Morgan fingerprint density at radius 1 is 0.628 bits per heavy atom. The minimum absolute atomic E-state index is 0.0574. The quantitative estimate of drug-likeness (QED) is 0.282. The van der Waals surface area contributed by atoms with Crippen molar-refractivity contribution < 1.29 is 14.6 Å². The van der Waals surface area contributed by atoms with Gasteiger partial charge < -0.3 is 10.2 Å². The van der Waals surface area contributed by atoms with E-state index in [0.717, 1.165) is 33.4 Å². The maximum absolute atomic E-state index is 14.1. The highest BCUT2D eigenvalue weighted by atomic mass is 19.1. The predicted octanol–water partition coefficient (Wildman–Crippen LogP) is 9.85. The van der Waals surface area contributed by atoms with Gasteiger partial charge in [0.25, 0.3) is 0 Å². The SMILES string of the molecule is CCC(N=Cc1cc(F)ccc1O)C(O)(c1cc(C(C)(C)C)cc(C(C)(C)C)c1)c1cc(C(C)(C)C)cc(C(C)(C)C)c1. The standard InChI is InChI=1S/C39H54FNO2/c1-14-34(41-24-25-17-32(40)15-16-33(25)42)39(43,30-20-26(35(2,3)4)18-27(21-30)36(5,6)7)31-22-28(37(8,9)10)19-29(23-31)38(11,12)13/h15-24,34,42-43H,14H2,1-13H3. The number of aromatic hydroxyl groups is 1. The van der Waals surface area contributed by atoms with Crippen LogP contribution in [0.4, 0.5) is 4.39 Å². The molecule has 0 spiro atoms. The van der Waals surface area contributed by atoms with Gasteiger partial charge in [0.1, 0.15) is 17.2 Å². The van der Waals surface area contributed by atoms with E-state index in [2.05, 4.69) is 119 Å². The van der Waals surface area contributed by atoms with Crippen molar-refractivity contribution in [3.63, 3.8) is 0 Å². The molecular formula is C39H54FNO2. The first-order valence-corrected chi connectivity index (χ1v) is 15.5. The Hall–Kier alpha value is -2.98. The summed E-state index contributed by atoms with van der Waals surface area (Å²) in [6.45, 7) is 28.3. The first-order valence-electron chi connectivity index (χ1n) is 15.5. The number of nitrogens with zero attached hydrogens (tertiary/aromatic N) is 1. The van der Waals surface area contributed by atoms with Crippen LogP contribution in [0, 0.1) is 5.82 Å². The van der Waals surface area contributed by atoms with Gasteiger partial charge in [-0.3, -0.25) is 4.99 Å². The predicted molar refractivity (Wildman–Crippen MR) is 180 cm³/mol. The number of phenolic OH excluding ortho intramolecular Hbond substituents is 1. The van der Waals surface area contributed by atoms with Gasteiger partial charge in [0, 0.05) is 11.8 Å². The van der Waals surface area contributed by atoms with Crippen molar-refractivity contribution >= 4 is 6.21 Å². The monoisotopic (exact) mass is 587 g/mol. The third-order valence-electron chi connectivity index (χ3n) is 8.46. The topological polar surface area (TPSA) is 52.8 Å². The van der Waals surface area contributed by atoms with E-state index >= 15 is 0 Å². The third kappa shape index (κ3) is 7.76. The lowest BCUT2D eigenvalue weighted by Gasteiger charge is -2.39. The van der Waals surface area contributed by atoms with Crippen LogP contribution in [0.5, 0.6) is 5.75 Å². The lowest BCUT2D eigenvalue weighted by Crippen LogP contribution is -2.41.